The zero-order chi connectivity index (χ0) is 23.6. The van der Waals surface area contributed by atoms with E-state index in [1.165, 1.54) is 24.3 Å². The normalized spacial score (nSPS) is 11.8. The molecule has 0 unspecified atom stereocenters. The summed E-state index contributed by atoms with van der Waals surface area (Å²) in [6.45, 7) is 0.390. The van der Waals surface area contributed by atoms with Crippen LogP contribution in [0.4, 0.5) is 11.4 Å². The van der Waals surface area contributed by atoms with Crippen LogP contribution < -0.4 is 10.5 Å². The largest absolute Gasteiger partial charge is 0.493 e. The lowest BCUT2D eigenvalue weighted by atomic mass is 10.2. The smallest absolute Gasteiger partial charge is 0.238 e. The average molecular weight is 500 g/mol. The Hall–Kier alpha value is -3.31. The summed E-state index contributed by atoms with van der Waals surface area (Å²) in [5, 5.41) is 28.1. The molecule has 168 valence electrons. The number of azo groups is 1. The molecule has 1 heterocycles. The van der Waals surface area contributed by atoms with Gasteiger partial charge in [0.1, 0.15) is 0 Å². The van der Waals surface area contributed by atoms with E-state index >= 15 is 0 Å². The van der Waals surface area contributed by atoms with E-state index in [1.54, 1.807) is 22.8 Å². The molecule has 0 bridgehead atoms. The molecule has 0 saturated heterocycles. The molecule has 4 N–H and O–H groups in total. The Bertz CT molecular complexity index is 1470. The van der Waals surface area contributed by atoms with Gasteiger partial charge in [-0.25, -0.2) is 13.6 Å². The summed E-state index contributed by atoms with van der Waals surface area (Å²) in [5.74, 6) is -0.0917. The zero-order valence-electron chi connectivity index (χ0n) is 17.0. The van der Waals surface area contributed by atoms with Gasteiger partial charge >= 0.3 is 0 Å². The van der Waals surface area contributed by atoms with Crippen LogP contribution in [0.25, 0.3) is 10.9 Å². The SMILES string of the molecule is NS(=O)(=O)c1ccc(NC(=S)N=Nc2c(O)n(Cc3ccccc3)c3c(Cl)cccc23)cc1. The highest BCUT2D eigenvalue weighted by Gasteiger charge is 2.19. The molecule has 0 fully saturated rings. The number of nitrogens with zero attached hydrogens (tertiary/aromatic N) is 3. The summed E-state index contributed by atoms with van der Waals surface area (Å²) in [5.41, 5.74) is 2.35. The fraction of sp³-hybridized carbons (Fsp3) is 0.0455. The lowest BCUT2D eigenvalue weighted by molar-refractivity contribution is 0.429. The molecule has 33 heavy (non-hydrogen) atoms. The first kappa shape index (κ1) is 22.9. The second kappa shape index (κ2) is 9.28. The van der Waals surface area contributed by atoms with Crippen LogP contribution in [0.3, 0.4) is 0 Å². The summed E-state index contributed by atoms with van der Waals surface area (Å²) in [6, 6.07) is 20.6. The number of rotatable bonds is 5. The van der Waals surface area contributed by atoms with E-state index in [-0.39, 0.29) is 21.6 Å². The number of para-hydroxylation sites is 1. The average Bonchev–Trinajstić information content (AvgIpc) is 3.05. The predicted octanol–water partition coefficient (Wildman–Crippen LogP) is 5.18. The van der Waals surface area contributed by atoms with E-state index in [0.717, 1.165) is 5.56 Å². The molecule has 8 nitrogen and oxygen atoms in total. The molecule has 0 atom stereocenters. The molecule has 0 aliphatic carbocycles. The number of aromatic hydroxyl groups is 1. The van der Waals surface area contributed by atoms with Crippen LogP contribution in [-0.2, 0) is 16.6 Å². The van der Waals surface area contributed by atoms with Gasteiger partial charge in [-0.15, -0.1) is 10.2 Å². The Morgan fingerprint density at radius 1 is 1.06 bits per heavy atom. The molecule has 0 radical (unpaired) electrons. The van der Waals surface area contributed by atoms with Crippen molar-refractivity contribution in [1.82, 2.24) is 4.57 Å². The number of primary sulfonamides is 1. The Morgan fingerprint density at radius 2 is 1.76 bits per heavy atom. The summed E-state index contributed by atoms with van der Waals surface area (Å²) < 4.78 is 24.4. The quantitative estimate of drug-likeness (QED) is 0.258. The van der Waals surface area contributed by atoms with Crippen molar-refractivity contribution in [1.29, 1.82) is 0 Å². The van der Waals surface area contributed by atoms with Crippen molar-refractivity contribution in [2.24, 2.45) is 15.4 Å². The Labute approximate surface area is 200 Å². The monoisotopic (exact) mass is 499 g/mol. The van der Waals surface area contributed by atoms with E-state index in [4.69, 9.17) is 29.0 Å². The number of hydrogen-bond donors (Lipinski definition) is 3. The number of fused-ring (bicyclic) bond motifs is 1. The van der Waals surface area contributed by atoms with Gasteiger partial charge < -0.3 is 15.0 Å². The molecule has 0 spiro atoms. The predicted molar refractivity (Wildman–Crippen MR) is 133 cm³/mol. The second-order valence-corrected chi connectivity index (χ2v) is 9.43. The fourth-order valence-corrected chi connectivity index (χ4v) is 4.28. The number of halogens is 1. The van der Waals surface area contributed by atoms with Gasteiger partial charge in [-0.1, -0.05) is 54.1 Å². The maximum Gasteiger partial charge on any atom is 0.238 e. The number of nitrogens with one attached hydrogen (secondary N) is 1. The van der Waals surface area contributed by atoms with Crippen LogP contribution >= 0.6 is 23.8 Å². The highest BCUT2D eigenvalue weighted by Crippen LogP contribution is 2.42. The van der Waals surface area contributed by atoms with Crippen molar-refractivity contribution in [3.63, 3.8) is 0 Å². The van der Waals surface area contributed by atoms with Crippen LogP contribution in [0.2, 0.25) is 5.02 Å². The minimum atomic E-state index is -3.79. The van der Waals surface area contributed by atoms with Gasteiger partial charge in [0.05, 0.1) is 22.0 Å². The van der Waals surface area contributed by atoms with Crippen molar-refractivity contribution < 1.29 is 13.5 Å². The van der Waals surface area contributed by atoms with E-state index in [1.807, 2.05) is 30.3 Å². The Balaban J connectivity index is 1.62. The van der Waals surface area contributed by atoms with E-state index in [0.29, 0.717) is 28.2 Å². The van der Waals surface area contributed by atoms with Crippen molar-refractivity contribution in [2.75, 3.05) is 5.32 Å². The van der Waals surface area contributed by atoms with Crippen LogP contribution in [0.15, 0.2) is 87.9 Å². The summed E-state index contributed by atoms with van der Waals surface area (Å²) in [4.78, 5) is -0.0198. The van der Waals surface area contributed by atoms with Gasteiger partial charge in [-0.3, -0.25) is 0 Å². The molecule has 0 amide bonds. The van der Waals surface area contributed by atoms with Crippen molar-refractivity contribution in [3.8, 4) is 5.88 Å². The maximum absolute atomic E-state index is 11.4. The highest BCUT2D eigenvalue weighted by molar-refractivity contribution is 7.89. The van der Waals surface area contributed by atoms with E-state index < -0.39 is 10.0 Å². The third-order valence-corrected chi connectivity index (χ3v) is 6.26. The molecule has 0 aliphatic rings. The number of anilines is 1. The van der Waals surface area contributed by atoms with Crippen LogP contribution in [0.1, 0.15) is 5.56 Å². The molecule has 4 aromatic rings. The lowest BCUT2D eigenvalue weighted by Gasteiger charge is -2.08. The first-order valence-corrected chi connectivity index (χ1v) is 12.0. The topological polar surface area (TPSA) is 122 Å². The highest BCUT2D eigenvalue weighted by atomic mass is 35.5. The van der Waals surface area contributed by atoms with Gasteiger partial charge in [0, 0.05) is 11.1 Å². The number of thiocarbonyl (C=S) groups is 1. The van der Waals surface area contributed by atoms with Gasteiger partial charge in [-0.05, 0) is 48.1 Å². The molecule has 0 saturated carbocycles. The summed E-state index contributed by atoms with van der Waals surface area (Å²) in [7, 11) is -3.79. The maximum atomic E-state index is 11.4. The van der Waals surface area contributed by atoms with Gasteiger partial charge in [0.2, 0.25) is 21.0 Å². The lowest BCUT2D eigenvalue weighted by Crippen LogP contribution is -2.12. The van der Waals surface area contributed by atoms with Gasteiger partial charge in [-0.2, -0.15) is 0 Å². The summed E-state index contributed by atoms with van der Waals surface area (Å²) in [6.07, 6.45) is 0. The molecule has 4 rings (SSSR count). The summed E-state index contributed by atoms with van der Waals surface area (Å²) >= 11 is 11.7. The van der Waals surface area contributed by atoms with E-state index in [9.17, 15) is 13.5 Å². The van der Waals surface area contributed by atoms with Crippen LogP contribution in [0, 0.1) is 0 Å². The van der Waals surface area contributed by atoms with Crippen molar-refractivity contribution >= 4 is 61.2 Å². The molecule has 3 aromatic carbocycles. The third-order valence-electron chi connectivity index (χ3n) is 4.84. The fourth-order valence-electron chi connectivity index (χ4n) is 3.33. The van der Waals surface area contributed by atoms with Crippen molar-refractivity contribution in [3.05, 3.63) is 83.4 Å². The van der Waals surface area contributed by atoms with Crippen molar-refractivity contribution in [2.45, 2.75) is 11.4 Å². The Kier molecular flexibility index (Phi) is 6.43. The number of hydrogen-bond acceptors (Lipinski definition) is 5. The zero-order valence-corrected chi connectivity index (χ0v) is 19.4. The number of sulfonamides is 1. The molecular formula is C22H18ClN5O3S2. The standard InChI is InChI=1S/C22H18ClN5O3S2/c23-18-8-4-7-17-19(21(29)28(20(17)18)13-14-5-2-1-3-6-14)26-27-22(32)25-15-9-11-16(12-10-15)33(24,30)31/h1-12,29H,13H2,(H,25,32)(H2,24,30,31). The minimum absolute atomic E-state index is 0.0174. The van der Waals surface area contributed by atoms with E-state index in [2.05, 4.69) is 15.5 Å². The minimum Gasteiger partial charge on any atom is -0.493 e. The first-order chi connectivity index (χ1) is 15.7. The second-order valence-electron chi connectivity index (χ2n) is 7.08. The number of benzene rings is 3. The van der Waals surface area contributed by atoms with Crippen LogP contribution in [0.5, 0.6) is 5.88 Å². The van der Waals surface area contributed by atoms with Crippen LogP contribution in [-0.4, -0.2) is 23.2 Å². The van der Waals surface area contributed by atoms with Gasteiger partial charge in [0.15, 0.2) is 5.69 Å². The molecule has 1 aromatic heterocycles. The van der Waals surface area contributed by atoms with Gasteiger partial charge in [0.25, 0.3) is 0 Å². The number of nitrogens with two attached hydrogens (primary N) is 1. The molecule has 0 aliphatic heterocycles. The Morgan fingerprint density at radius 3 is 2.42 bits per heavy atom. The number of aromatic nitrogens is 1. The molecule has 11 heteroatoms. The molecular weight excluding hydrogens is 482 g/mol. The first-order valence-electron chi connectivity index (χ1n) is 9.63. The third kappa shape index (κ3) is 5.04.